The number of nitrogens with zero attached hydrogens (tertiary/aromatic N) is 3. The van der Waals surface area contributed by atoms with Crippen LogP contribution < -0.4 is 11.3 Å². The number of rotatable bonds is 12. The van der Waals surface area contributed by atoms with Crippen molar-refractivity contribution in [1.82, 2.24) is 19.5 Å². The molecule has 0 aliphatic carbocycles. The van der Waals surface area contributed by atoms with E-state index >= 15 is 0 Å². The van der Waals surface area contributed by atoms with Gasteiger partial charge in [0.15, 0.2) is 23.7 Å². The fraction of sp³-hybridized carbons (Fsp3) is 0.625. The highest BCUT2D eigenvalue weighted by atomic mass is 31.3. The molecule has 20 nitrogen and oxygen atoms in total. The number of H-pyrrole nitrogens is 1. The summed E-state index contributed by atoms with van der Waals surface area (Å²) < 4.78 is 44.6. The van der Waals surface area contributed by atoms with E-state index < -0.39 is 76.8 Å². The third-order valence-electron chi connectivity index (χ3n) is 5.28. The molecule has 1 aliphatic rings. The lowest BCUT2D eigenvalue weighted by atomic mass is 10.1. The molecule has 0 amide bonds. The van der Waals surface area contributed by atoms with Gasteiger partial charge in [0.2, 0.25) is 5.95 Å². The molecule has 38 heavy (non-hydrogen) atoms. The van der Waals surface area contributed by atoms with Gasteiger partial charge < -0.3 is 50.6 Å². The van der Waals surface area contributed by atoms with Crippen LogP contribution in [-0.2, 0) is 32.0 Å². The standard InChI is InChI=1S/C16H25N5O15P2/c1-5(9(24)10(25)6(23)2-22)35-38(32,36-37(29,30)31)33-3-7-11(26)12(27)15(34-7)21-4-18-8-13(21)19-16(17)20-14(8)28/h2,4-7,9-12,15,23-27H,3H2,1H3,(H2,29,30,31)(H3,17,19,20,28)/t5-,6+,7-,9+,10-,11-,12-,15-,38?/m1/s1. The Kier molecular flexibility index (Phi) is 9.21. The fourth-order valence-electron chi connectivity index (χ4n) is 3.42. The number of hydrogen-bond acceptors (Lipinski definition) is 16. The van der Waals surface area contributed by atoms with Crippen LogP contribution in [0.15, 0.2) is 11.1 Å². The molecule has 0 saturated carbocycles. The van der Waals surface area contributed by atoms with E-state index in [1.165, 1.54) is 0 Å². The molecule has 22 heteroatoms. The number of aromatic nitrogens is 4. The van der Waals surface area contributed by atoms with Crippen LogP contribution in [0.5, 0.6) is 0 Å². The van der Waals surface area contributed by atoms with E-state index in [0.29, 0.717) is 0 Å². The average Bonchev–Trinajstić information content (AvgIpc) is 3.35. The predicted molar refractivity (Wildman–Crippen MR) is 120 cm³/mol. The van der Waals surface area contributed by atoms with Gasteiger partial charge in [-0.2, -0.15) is 9.29 Å². The number of fused-ring (bicyclic) bond motifs is 1. The molecular weight excluding hydrogens is 564 g/mol. The number of nitrogens with two attached hydrogens (primary N) is 1. The lowest BCUT2D eigenvalue weighted by Gasteiger charge is -2.28. The Morgan fingerprint density at radius 2 is 1.89 bits per heavy atom. The maximum absolute atomic E-state index is 12.9. The number of hydrogen-bond donors (Lipinski definition) is 9. The van der Waals surface area contributed by atoms with E-state index in [1.54, 1.807) is 0 Å². The first-order chi connectivity index (χ1) is 17.6. The van der Waals surface area contributed by atoms with Gasteiger partial charge in [-0.15, -0.1) is 0 Å². The Balaban J connectivity index is 1.78. The molecule has 0 radical (unpaired) electrons. The number of carbonyl (C=O) groups excluding carboxylic acids is 1. The number of carbonyl (C=O) groups is 1. The molecule has 2 aromatic heterocycles. The van der Waals surface area contributed by atoms with Crippen molar-refractivity contribution in [3.63, 3.8) is 0 Å². The van der Waals surface area contributed by atoms with Crippen LogP contribution in [0.1, 0.15) is 13.2 Å². The van der Waals surface area contributed by atoms with Crippen molar-refractivity contribution in [3.05, 3.63) is 16.7 Å². The molecule has 9 atom stereocenters. The van der Waals surface area contributed by atoms with Gasteiger partial charge in [-0.1, -0.05) is 0 Å². The number of phosphoric ester groups is 1. The summed E-state index contributed by atoms with van der Waals surface area (Å²) in [6.45, 7) is -0.0488. The molecule has 1 aliphatic heterocycles. The van der Waals surface area contributed by atoms with Crippen LogP contribution in [-0.4, -0.2) is 110 Å². The van der Waals surface area contributed by atoms with E-state index in [9.17, 15) is 44.3 Å². The molecule has 3 heterocycles. The highest BCUT2D eigenvalue weighted by Gasteiger charge is 2.47. The van der Waals surface area contributed by atoms with Crippen molar-refractivity contribution < 1.29 is 67.3 Å². The zero-order valence-electron chi connectivity index (χ0n) is 19.2. The fourth-order valence-corrected chi connectivity index (χ4v) is 5.73. The van der Waals surface area contributed by atoms with Gasteiger partial charge in [-0.25, -0.2) is 14.1 Å². The molecule has 10 N–H and O–H groups in total. The summed E-state index contributed by atoms with van der Waals surface area (Å²) in [5.74, 6) is -0.285. The number of nitrogen functional groups attached to an aromatic ring is 1. The number of aldehydes is 1. The highest BCUT2D eigenvalue weighted by Crippen LogP contribution is 2.62. The zero-order chi connectivity index (χ0) is 28.6. The molecule has 0 spiro atoms. The zero-order valence-corrected chi connectivity index (χ0v) is 21.0. The van der Waals surface area contributed by atoms with Gasteiger partial charge >= 0.3 is 15.6 Å². The number of aliphatic hydroxyl groups is 5. The molecule has 2 aromatic rings. The van der Waals surface area contributed by atoms with E-state index in [-0.39, 0.29) is 23.4 Å². The number of aromatic amines is 1. The number of anilines is 1. The predicted octanol–water partition coefficient (Wildman–Crippen LogP) is -3.76. The minimum atomic E-state index is -5.58. The first-order valence-corrected chi connectivity index (χ1v) is 13.5. The SMILES string of the molecule is C[C@@H](OP(=O)(OC[C@H]1O[C@@H](n2cnc3c(=O)[nH]c(N)nc32)[C@H](O)[C@@H]1O)OP(=O)(O)O)[C@H](O)[C@H](O)[C@@H](O)C=O. The maximum Gasteiger partial charge on any atom is 0.484 e. The number of imidazole rings is 1. The van der Waals surface area contributed by atoms with Gasteiger partial charge in [0.1, 0.15) is 36.6 Å². The Morgan fingerprint density at radius 3 is 2.50 bits per heavy atom. The van der Waals surface area contributed by atoms with Crippen LogP contribution in [0.25, 0.3) is 11.2 Å². The molecule has 0 bridgehead atoms. The lowest BCUT2D eigenvalue weighted by molar-refractivity contribution is -0.132. The summed E-state index contributed by atoms with van der Waals surface area (Å²) >= 11 is 0. The number of ether oxygens (including phenoxy) is 1. The first kappa shape index (κ1) is 30.4. The Hall–Kier alpha value is -2.16. The summed E-state index contributed by atoms with van der Waals surface area (Å²) in [7, 11) is -10.9. The van der Waals surface area contributed by atoms with Crippen molar-refractivity contribution in [1.29, 1.82) is 0 Å². The molecule has 1 unspecified atom stereocenters. The Labute approximate surface area is 211 Å². The molecule has 1 fully saturated rings. The van der Waals surface area contributed by atoms with E-state index in [2.05, 4.69) is 19.3 Å². The lowest BCUT2D eigenvalue weighted by Crippen LogP contribution is -2.44. The van der Waals surface area contributed by atoms with Crippen molar-refractivity contribution in [2.45, 2.75) is 55.9 Å². The third-order valence-corrected chi connectivity index (χ3v) is 7.99. The molecule has 214 valence electrons. The molecular formula is C16H25N5O15P2. The highest BCUT2D eigenvalue weighted by molar-refractivity contribution is 7.61. The van der Waals surface area contributed by atoms with E-state index in [0.717, 1.165) is 17.8 Å². The van der Waals surface area contributed by atoms with Gasteiger partial charge in [-0.3, -0.25) is 23.4 Å². The van der Waals surface area contributed by atoms with Crippen LogP contribution in [0, 0.1) is 0 Å². The summed E-state index contributed by atoms with van der Waals surface area (Å²) in [6, 6.07) is 0. The van der Waals surface area contributed by atoms with Crippen molar-refractivity contribution in [3.8, 4) is 0 Å². The number of phosphoric acid groups is 2. The molecule has 3 rings (SSSR count). The minimum absolute atomic E-state index is 0.118. The molecule has 1 saturated heterocycles. The summed E-state index contributed by atoms with van der Waals surface area (Å²) in [6.07, 6.45) is -13.7. The van der Waals surface area contributed by atoms with Gasteiger partial charge in [0, 0.05) is 0 Å². The van der Waals surface area contributed by atoms with E-state index in [1.807, 2.05) is 0 Å². The van der Waals surface area contributed by atoms with Gasteiger partial charge in [-0.05, 0) is 6.92 Å². The quantitative estimate of drug-likeness (QED) is 0.0847. The second-order valence-electron chi connectivity index (χ2n) is 8.06. The van der Waals surface area contributed by atoms with Crippen molar-refractivity contribution in [2.75, 3.05) is 12.3 Å². The molecule has 0 aromatic carbocycles. The summed E-state index contributed by atoms with van der Waals surface area (Å²) in [4.78, 5) is 50.8. The van der Waals surface area contributed by atoms with Gasteiger partial charge in [0.25, 0.3) is 5.56 Å². The minimum Gasteiger partial charge on any atom is -0.388 e. The second-order valence-corrected chi connectivity index (χ2v) is 11.1. The summed E-state index contributed by atoms with van der Waals surface area (Å²) in [5, 5.41) is 49.9. The van der Waals surface area contributed by atoms with Crippen LogP contribution in [0.2, 0.25) is 0 Å². The first-order valence-electron chi connectivity index (χ1n) is 10.5. The normalized spacial score (nSPS) is 27.1. The second kappa shape index (κ2) is 11.5. The monoisotopic (exact) mass is 589 g/mol. The number of nitrogens with one attached hydrogen (secondary N) is 1. The average molecular weight is 589 g/mol. The summed E-state index contributed by atoms with van der Waals surface area (Å²) in [5.41, 5.74) is 4.53. The van der Waals surface area contributed by atoms with Crippen LogP contribution >= 0.6 is 15.6 Å². The van der Waals surface area contributed by atoms with E-state index in [4.69, 9.17) is 29.3 Å². The van der Waals surface area contributed by atoms with Crippen molar-refractivity contribution in [2.24, 2.45) is 0 Å². The van der Waals surface area contributed by atoms with Gasteiger partial charge in [0.05, 0.1) is 19.0 Å². The largest absolute Gasteiger partial charge is 0.484 e. The smallest absolute Gasteiger partial charge is 0.388 e. The van der Waals surface area contributed by atoms with Crippen LogP contribution in [0.3, 0.4) is 0 Å². The van der Waals surface area contributed by atoms with Crippen molar-refractivity contribution >= 4 is 39.0 Å². The topological polar surface area (TPSA) is 319 Å². The third kappa shape index (κ3) is 6.69. The van der Waals surface area contributed by atoms with Crippen LogP contribution in [0.4, 0.5) is 5.95 Å². The Morgan fingerprint density at radius 1 is 1.24 bits per heavy atom. The maximum atomic E-state index is 12.9. The number of aliphatic hydroxyl groups excluding tert-OH is 5. The Bertz CT molecular complexity index is 1300.